The molecular formula is C21H22Cl2FN3O4. The van der Waals surface area contributed by atoms with E-state index in [1.54, 1.807) is 35.4 Å². The van der Waals surface area contributed by atoms with Gasteiger partial charge in [0.15, 0.2) is 4.84 Å². The van der Waals surface area contributed by atoms with Crippen LogP contribution < -0.4 is 5.32 Å². The first-order chi connectivity index (χ1) is 14.8. The zero-order chi connectivity index (χ0) is 22.5. The summed E-state index contributed by atoms with van der Waals surface area (Å²) < 4.78 is 18.4. The molecule has 1 aliphatic rings. The maximum absolute atomic E-state index is 13.3. The van der Waals surface area contributed by atoms with Gasteiger partial charge < -0.3 is 15.2 Å². The predicted molar refractivity (Wildman–Crippen MR) is 114 cm³/mol. The summed E-state index contributed by atoms with van der Waals surface area (Å²) in [6.07, 6.45) is -0.0459. The standard InChI is InChI=1S/C21H22Cl2FN3O4/c1-12-10-27(21(30)31-12)11-16-7-6-15(9-25-16)13-2-4-14(5-3-13)18(28)17(8-24)26-20(29)19(22)23/h2-7,9,12,17-19,28H,8,10-11H2,1H3,(H,26,29)/t12-,17-,18-/m1/s1. The number of ether oxygens (including phenoxy) is 1. The van der Waals surface area contributed by atoms with Crippen LogP contribution in [0.2, 0.25) is 0 Å². The first-order valence-corrected chi connectivity index (χ1v) is 10.5. The van der Waals surface area contributed by atoms with Crippen LogP contribution in [0.1, 0.15) is 24.3 Å². The molecule has 1 aromatic carbocycles. The van der Waals surface area contributed by atoms with Crippen LogP contribution in [0.25, 0.3) is 11.1 Å². The molecule has 2 heterocycles. The SMILES string of the molecule is C[C@@H]1CN(Cc2ccc(-c3ccc([C@@H](O)[C@@H](CF)NC(=O)C(Cl)Cl)cc3)cn2)C(=O)O1. The fourth-order valence-corrected chi connectivity index (χ4v) is 3.36. The zero-order valence-electron chi connectivity index (χ0n) is 16.7. The lowest BCUT2D eigenvalue weighted by Gasteiger charge is -2.22. The molecule has 0 radical (unpaired) electrons. The lowest BCUT2D eigenvalue weighted by atomic mass is 9.99. The van der Waals surface area contributed by atoms with E-state index in [0.29, 0.717) is 18.7 Å². The van der Waals surface area contributed by atoms with Crippen LogP contribution in [-0.4, -0.2) is 57.2 Å². The average Bonchev–Trinajstić information content (AvgIpc) is 3.08. The normalized spacial score (nSPS) is 18.1. The van der Waals surface area contributed by atoms with Crippen molar-refractivity contribution in [2.45, 2.75) is 36.6 Å². The van der Waals surface area contributed by atoms with E-state index in [-0.39, 0.29) is 12.2 Å². The van der Waals surface area contributed by atoms with Crippen LogP contribution >= 0.6 is 23.2 Å². The van der Waals surface area contributed by atoms with Gasteiger partial charge in [0.1, 0.15) is 18.9 Å². The van der Waals surface area contributed by atoms with Gasteiger partial charge in [-0.05, 0) is 24.1 Å². The Morgan fingerprint density at radius 3 is 2.48 bits per heavy atom. The number of amides is 2. The molecule has 166 valence electrons. The smallest absolute Gasteiger partial charge is 0.410 e. The summed E-state index contributed by atoms with van der Waals surface area (Å²) in [6.45, 7) is 1.76. The highest BCUT2D eigenvalue weighted by molar-refractivity contribution is 6.53. The van der Waals surface area contributed by atoms with E-state index in [4.69, 9.17) is 27.9 Å². The highest BCUT2D eigenvalue weighted by Crippen LogP contribution is 2.24. The molecule has 1 fully saturated rings. The molecule has 1 saturated heterocycles. The summed E-state index contributed by atoms with van der Waals surface area (Å²) in [4.78, 5) is 27.9. The maximum atomic E-state index is 13.3. The van der Waals surface area contributed by atoms with Gasteiger partial charge in [0.2, 0.25) is 0 Å². The monoisotopic (exact) mass is 469 g/mol. The van der Waals surface area contributed by atoms with Gasteiger partial charge >= 0.3 is 6.09 Å². The number of alkyl halides is 3. The van der Waals surface area contributed by atoms with Crippen LogP contribution in [0.5, 0.6) is 0 Å². The Morgan fingerprint density at radius 2 is 1.97 bits per heavy atom. The zero-order valence-corrected chi connectivity index (χ0v) is 18.2. The minimum absolute atomic E-state index is 0.128. The Morgan fingerprint density at radius 1 is 1.29 bits per heavy atom. The summed E-state index contributed by atoms with van der Waals surface area (Å²) in [5.41, 5.74) is 2.84. The molecule has 0 aliphatic carbocycles. The number of aromatic nitrogens is 1. The highest BCUT2D eigenvalue weighted by atomic mass is 35.5. The number of rotatable bonds is 8. The molecule has 7 nitrogen and oxygen atoms in total. The number of benzene rings is 1. The molecule has 3 atom stereocenters. The summed E-state index contributed by atoms with van der Waals surface area (Å²) >= 11 is 10.9. The van der Waals surface area contributed by atoms with E-state index in [1.165, 1.54) is 0 Å². The molecule has 2 amide bonds. The van der Waals surface area contributed by atoms with Gasteiger partial charge in [-0.2, -0.15) is 0 Å². The van der Waals surface area contributed by atoms with Crippen molar-refractivity contribution < 1.29 is 23.8 Å². The van der Waals surface area contributed by atoms with Crippen LogP contribution in [0.15, 0.2) is 42.6 Å². The lowest BCUT2D eigenvalue weighted by molar-refractivity contribution is -0.121. The van der Waals surface area contributed by atoms with Crippen molar-refractivity contribution in [3.8, 4) is 11.1 Å². The minimum atomic E-state index is -1.35. The van der Waals surface area contributed by atoms with E-state index in [0.717, 1.165) is 16.8 Å². The first-order valence-electron chi connectivity index (χ1n) is 9.62. The number of carbonyl (C=O) groups is 2. The fraction of sp³-hybridized carbons (Fsp3) is 0.381. The Bertz CT molecular complexity index is 912. The summed E-state index contributed by atoms with van der Waals surface area (Å²) in [5.74, 6) is -0.774. The van der Waals surface area contributed by atoms with Crippen molar-refractivity contribution in [1.82, 2.24) is 15.2 Å². The number of nitrogens with zero attached hydrogens (tertiary/aromatic N) is 2. The van der Waals surface area contributed by atoms with E-state index in [2.05, 4.69) is 10.3 Å². The Labute approximate surface area is 189 Å². The van der Waals surface area contributed by atoms with Gasteiger partial charge in [0.05, 0.1) is 24.8 Å². The second kappa shape index (κ2) is 10.3. The topological polar surface area (TPSA) is 91.8 Å². The van der Waals surface area contributed by atoms with Crippen LogP contribution in [0.4, 0.5) is 9.18 Å². The molecule has 31 heavy (non-hydrogen) atoms. The number of carbonyl (C=O) groups excluding carboxylic acids is 2. The van der Waals surface area contributed by atoms with Crippen LogP contribution in [0.3, 0.4) is 0 Å². The number of aliphatic hydroxyl groups is 1. The molecule has 3 rings (SSSR count). The maximum Gasteiger partial charge on any atom is 0.410 e. The van der Waals surface area contributed by atoms with Gasteiger partial charge in [-0.1, -0.05) is 53.5 Å². The van der Waals surface area contributed by atoms with E-state index in [1.807, 2.05) is 19.1 Å². The predicted octanol–water partition coefficient (Wildman–Crippen LogP) is 3.38. The van der Waals surface area contributed by atoms with Crippen molar-refractivity contribution in [3.05, 3.63) is 53.9 Å². The summed E-state index contributed by atoms with van der Waals surface area (Å²) in [5, 5.41) is 12.7. The van der Waals surface area contributed by atoms with Crippen molar-refractivity contribution in [2.75, 3.05) is 13.2 Å². The molecule has 0 unspecified atom stereocenters. The Balaban J connectivity index is 1.65. The molecule has 2 aromatic rings. The van der Waals surface area contributed by atoms with E-state index >= 15 is 0 Å². The van der Waals surface area contributed by atoms with Crippen molar-refractivity contribution in [1.29, 1.82) is 0 Å². The summed E-state index contributed by atoms with van der Waals surface area (Å²) in [7, 11) is 0. The number of halogens is 3. The third kappa shape index (κ3) is 5.84. The molecule has 0 saturated carbocycles. The molecule has 1 aliphatic heterocycles. The molecule has 1 aromatic heterocycles. The van der Waals surface area contributed by atoms with Crippen molar-refractivity contribution >= 4 is 35.2 Å². The van der Waals surface area contributed by atoms with Gasteiger partial charge in [0.25, 0.3) is 5.91 Å². The molecule has 0 bridgehead atoms. The summed E-state index contributed by atoms with van der Waals surface area (Å²) in [6, 6.07) is 9.35. The Hall–Kier alpha value is -2.42. The van der Waals surface area contributed by atoms with Crippen LogP contribution in [-0.2, 0) is 16.1 Å². The van der Waals surface area contributed by atoms with Gasteiger partial charge in [-0.25, -0.2) is 9.18 Å². The fourth-order valence-electron chi connectivity index (χ4n) is 3.23. The van der Waals surface area contributed by atoms with Crippen molar-refractivity contribution in [2.24, 2.45) is 0 Å². The van der Waals surface area contributed by atoms with Gasteiger partial charge in [-0.15, -0.1) is 0 Å². The average molecular weight is 470 g/mol. The number of nitrogens with one attached hydrogen (secondary N) is 1. The van der Waals surface area contributed by atoms with Crippen molar-refractivity contribution in [3.63, 3.8) is 0 Å². The largest absolute Gasteiger partial charge is 0.444 e. The third-order valence-corrected chi connectivity index (χ3v) is 5.27. The van der Waals surface area contributed by atoms with E-state index in [9.17, 15) is 19.1 Å². The van der Waals surface area contributed by atoms with Crippen LogP contribution in [0, 0.1) is 0 Å². The second-order valence-electron chi connectivity index (χ2n) is 7.25. The number of cyclic esters (lactones) is 1. The Kier molecular flexibility index (Phi) is 7.69. The lowest BCUT2D eigenvalue weighted by Crippen LogP contribution is -2.43. The highest BCUT2D eigenvalue weighted by Gasteiger charge is 2.28. The number of pyridine rings is 1. The molecule has 2 N–H and O–H groups in total. The van der Waals surface area contributed by atoms with E-state index < -0.39 is 29.6 Å². The number of aliphatic hydroxyl groups excluding tert-OH is 1. The molecule has 0 spiro atoms. The molecule has 10 heteroatoms. The number of hydrogen-bond donors (Lipinski definition) is 2. The number of hydrogen-bond acceptors (Lipinski definition) is 5. The van der Waals surface area contributed by atoms with Gasteiger partial charge in [-0.3, -0.25) is 14.7 Å². The molecular weight excluding hydrogens is 448 g/mol. The third-order valence-electron chi connectivity index (χ3n) is 4.87. The first kappa shape index (κ1) is 23.2. The second-order valence-corrected chi connectivity index (χ2v) is 8.35. The van der Waals surface area contributed by atoms with Gasteiger partial charge in [0, 0.05) is 11.8 Å². The minimum Gasteiger partial charge on any atom is -0.444 e. The quantitative estimate of drug-likeness (QED) is 0.578.